The maximum atomic E-state index is 13.3. The van der Waals surface area contributed by atoms with Crippen LogP contribution in [0.15, 0.2) is 36.8 Å². The molecule has 4 heterocycles. The van der Waals surface area contributed by atoms with Gasteiger partial charge in [-0.25, -0.2) is 4.98 Å². The standard InChI is InChI=1S/C18H14Cl2N6O2/c19-12-3-1-2-11(15(12)20)18(27)26-10-7-25-16(13-6-21-4-5-22-13)23-24-17(25)14(26)9-28-8-10/h1-6,10,14H,7-9H2/t10-,14-/m1/s1. The first-order valence-electron chi connectivity index (χ1n) is 8.69. The lowest BCUT2D eigenvalue weighted by Crippen LogP contribution is -2.56. The van der Waals surface area contributed by atoms with Crippen LogP contribution >= 0.6 is 23.2 Å². The molecule has 142 valence electrons. The number of nitrogens with zero attached hydrogens (tertiary/aromatic N) is 6. The smallest absolute Gasteiger partial charge is 0.256 e. The maximum absolute atomic E-state index is 13.3. The van der Waals surface area contributed by atoms with Crippen molar-refractivity contribution in [2.75, 3.05) is 13.2 Å². The van der Waals surface area contributed by atoms with E-state index in [9.17, 15) is 4.79 Å². The molecule has 2 atom stereocenters. The predicted molar refractivity (Wildman–Crippen MR) is 101 cm³/mol. The minimum atomic E-state index is -0.368. The van der Waals surface area contributed by atoms with Gasteiger partial charge in [0.05, 0.1) is 41.1 Å². The van der Waals surface area contributed by atoms with E-state index in [0.717, 1.165) is 0 Å². The van der Waals surface area contributed by atoms with Gasteiger partial charge in [0, 0.05) is 18.9 Å². The predicted octanol–water partition coefficient (Wildman–Crippen LogP) is 2.64. The van der Waals surface area contributed by atoms with Gasteiger partial charge in [-0.1, -0.05) is 29.3 Å². The molecule has 0 N–H and O–H groups in total. The molecule has 0 saturated carbocycles. The largest absolute Gasteiger partial charge is 0.377 e. The van der Waals surface area contributed by atoms with Gasteiger partial charge >= 0.3 is 0 Å². The summed E-state index contributed by atoms with van der Waals surface area (Å²) in [6, 6.07) is 4.50. The number of amides is 1. The van der Waals surface area contributed by atoms with Crippen LogP contribution in [-0.2, 0) is 11.3 Å². The topological polar surface area (TPSA) is 86.0 Å². The fourth-order valence-electron chi connectivity index (χ4n) is 3.74. The van der Waals surface area contributed by atoms with Gasteiger partial charge in [0.15, 0.2) is 11.6 Å². The Kier molecular flexibility index (Phi) is 4.26. The van der Waals surface area contributed by atoms with Crippen LogP contribution in [0.3, 0.4) is 0 Å². The number of carbonyl (C=O) groups is 1. The molecule has 8 nitrogen and oxygen atoms in total. The third-order valence-electron chi connectivity index (χ3n) is 4.99. The van der Waals surface area contributed by atoms with Gasteiger partial charge in [-0.3, -0.25) is 9.78 Å². The SMILES string of the molecule is O=C(c1cccc(Cl)c1Cl)N1[C@H]2COC[C@@H]1c1nnc(-c3cnccn3)n1C2. The van der Waals surface area contributed by atoms with E-state index < -0.39 is 0 Å². The number of carbonyl (C=O) groups excluding carboxylic acids is 1. The van der Waals surface area contributed by atoms with Crippen LogP contribution in [0.5, 0.6) is 0 Å². The van der Waals surface area contributed by atoms with E-state index >= 15 is 0 Å². The Bertz CT molecular complexity index is 1060. The van der Waals surface area contributed by atoms with Crippen molar-refractivity contribution in [2.45, 2.75) is 18.6 Å². The van der Waals surface area contributed by atoms with Crippen LogP contribution in [0.4, 0.5) is 0 Å². The van der Waals surface area contributed by atoms with E-state index in [2.05, 4.69) is 20.2 Å². The molecule has 28 heavy (non-hydrogen) atoms. The Morgan fingerprint density at radius 3 is 2.89 bits per heavy atom. The van der Waals surface area contributed by atoms with Crippen molar-refractivity contribution in [2.24, 2.45) is 0 Å². The highest BCUT2D eigenvalue weighted by atomic mass is 35.5. The van der Waals surface area contributed by atoms with Crippen molar-refractivity contribution in [3.63, 3.8) is 0 Å². The molecular weight excluding hydrogens is 403 g/mol. The van der Waals surface area contributed by atoms with Crippen LogP contribution in [0, 0.1) is 0 Å². The fraction of sp³-hybridized carbons (Fsp3) is 0.278. The summed E-state index contributed by atoms with van der Waals surface area (Å²) in [5, 5.41) is 9.23. The molecule has 0 radical (unpaired) electrons. The van der Waals surface area contributed by atoms with Gasteiger partial charge in [0.25, 0.3) is 5.91 Å². The highest BCUT2D eigenvalue weighted by Gasteiger charge is 2.44. The van der Waals surface area contributed by atoms with E-state index in [1.807, 2.05) is 4.57 Å². The van der Waals surface area contributed by atoms with Gasteiger partial charge in [0.1, 0.15) is 11.7 Å². The lowest BCUT2D eigenvalue weighted by molar-refractivity contribution is -0.0569. The third kappa shape index (κ3) is 2.68. The third-order valence-corrected chi connectivity index (χ3v) is 5.81. The molecule has 0 spiro atoms. The number of fused-ring (bicyclic) bond motifs is 4. The molecule has 1 amide bonds. The number of hydrogen-bond acceptors (Lipinski definition) is 6. The molecule has 1 saturated heterocycles. The summed E-state index contributed by atoms with van der Waals surface area (Å²) in [4.78, 5) is 23.5. The zero-order chi connectivity index (χ0) is 19.3. The minimum Gasteiger partial charge on any atom is -0.377 e. The van der Waals surface area contributed by atoms with Crippen molar-refractivity contribution in [3.05, 3.63) is 58.2 Å². The molecule has 2 aliphatic rings. The monoisotopic (exact) mass is 416 g/mol. The number of halogens is 2. The van der Waals surface area contributed by atoms with E-state index in [4.69, 9.17) is 27.9 Å². The summed E-state index contributed by atoms with van der Waals surface area (Å²) in [5.41, 5.74) is 1.01. The normalized spacial score (nSPS) is 20.7. The second-order valence-electron chi connectivity index (χ2n) is 6.60. The molecule has 0 unspecified atom stereocenters. The van der Waals surface area contributed by atoms with Gasteiger partial charge in [-0.15, -0.1) is 10.2 Å². The molecule has 3 aromatic rings. The first-order valence-corrected chi connectivity index (χ1v) is 9.44. The molecule has 2 aliphatic heterocycles. The Hall–Kier alpha value is -2.55. The van der Waals surface area contributed by atoms with Gasteiger partial charge in [-0.2, -0.15) is 0 Å². The van der Waals surface area contributed by atoms with Crippen molar-refractivity contribution in [1.29, 1.82) is 0 Å². The lowest BCUT2D eigenvalue weighted by Gasteiger charge is -2.45. The highest BCUT2D eigenvalue weighted by Crippen LogP contribution is 2.37. The number of morpholine rings is 1. The lowest BCUT2D eigenvalue weighted by atomic mass is 10.0. The Balaban J connectivity index is 1.56. The van der Waals surface area contributed by atoms with Gasteiger partial charge < -0.3 is 14.2 Å². The van der Waals surface area contributed by atoms with Gasteiger partial charge in [-0.05, 0) is 12.1 Å². The molecule has 2 bridgehead atoms. The minimum absolute atomic E-state index is 0.180. The van der Waals surface area contributed by atoms with Crippen LogP contribution < -0.4 is 0 Å². The number of benzene rings is 1. The summed E-state index contributed by atoms with van der Waals surface area (Å²) < 4.78 is 7.71. The van der Waals surface area contributed by atoms with Gasteiger partial charge in [0.2, 0.25) is 0 Å². The van der Waals surface area contributed by atoms with E-state index in [0.29, 0.717) is 47.7 Å². The number of hydrogen-bond donors (Lipinski definition) is 0. The quantitative estimate of drug-likeness (QED) is 0.637. The van der Waals surface area contributed by atoms with Crippen molar-refractivity contribution >= 4 is 29.1 Å². The molecule has 2 aromatic heterocycles. The maximum Gasteiger partial charge on any atom is 0.256 e. The van der Waals surface area contributed by atoms with E-state index in [-0.39, 0.29) is 23.0 Å². The van der Waals surface area contributed by atoms with Crippen LogP contribution in [0.2, 0.25) is 10.0 Å². The van der Waals surface area contributed by atoms with Crippen molar-refractivity contribution < 1.29 is 9.53 Å². The molecular formula is C18H14Cl2N6O2. The average molecular weight is 417 g/mol. The number of rotatable bonds is 2. The van der Waals surface area contributed by atoms with E-state index in [1.54, 1.807) is 41.7 Å². The first-order chi connectivity index (χ1) is 13.6. The summed E-state index contributed by atoms with van der Waals surface area (Å²) in [6.07, 6.45) is 4.86. The second-order valence-corrected chi connectivity index (χ2v) is 7.39. The molecule has 10 heteroatoms. The van der Waals surface area contributed by atoms with Crippen molar-refractivity contribution in [3.8, 4) is 11.5 Å². The molecule has 1 fully saturated rings. The average Bonchev–Trinajstić information content (AvgIpc) is 3.13. The second kappa shape index (κ2) is 6.80. The summed E-state index contributed by atoms with van der Waals surface area (Å²) >= 11 is 12.4. The number of ether oxygens (including phenoxy) is 1. The molecule has 0 aliphatic carbocycles. The summed E-state index contributed by atoms with van der Waals surface area (Å²) in [5.74, 6) is 1.09. The fourth-order valence-corrected chi connectivity index (χ4v) is 4.12. The summed E-state index contributed by atoms with van der Waals surface area (Å²) in [6.45, 7) is 1.24. The number of aromatic nitrogens is 5. The Morgan fingerprint density at radius 1 is 1.18 bits per heavy atom. The highest BCUT2D eigenvalue weighted by molar-refractivity contribution is 6.43. The molecule has 5 rings (SSSR count). The Morgan fingerprint density at radius 2 is 2.07 bits per heavy atom. The van der Waals surface area contributed by atoms with Crippen LogP contribution in [0.1, 0.15) is 22.2 Å². The van der Waals surface area contributed by atoms with Crippen LogP contribution in [-0.4, -0.2) is 54.8 Å². The summed E-state index contributed by atoms with van der Waals surface area (Å²) in [7, 11) is 0. The van der Waals surface area contributed by atoms with Crippen LogP contribution in [0.25, 0.3) is 11.5 Å². The Labute approximate surface area is 170 Å². The zero-order valence-corrected chi connectivity index (χ0v) is 16.0. The van der Waals surface area contributed by atoms with E-state index in [1.165, 1.54) is 0 Å². The van der Waals surface area contributed by atoms with Crippen molar-refractivity contribution in [1.82, 2.24) is 29.6 Å². The molecule has 1 aromatic carbocycles. The zero-order valence-electron chi connectivity index (χ0n) is 14.5. The first kappa shape index (κ1) is 17.5.